The SMILES string of the molecule is CCCCCSc1nc(N)sc1-c1ccccc1. The Morgan fingerprint density at radius 1 is 1.22 bits per heavy atom. The van der Waals surface area contributed by atoms with Crippen molar-refractivity contribution in [1.29, 1.82) is 0 Å². The first-order valence-electron chi connectivity index (χ1n) is 6.25. The molecule has 0 aliphatic carbocycles. The van der Waals surface area contributed by atoms with E-state index in [1.165, 1.54) is 29.7 Å². The average Bonchev–Trinajstić information content (AvgIpc) is 2.77. The highest BCUT2D eigenvalue weighted by Crippen LogP contribution is 2.37. The molecule has 0 atom stereocenters. The number of rotatable bonds is 6. The fourth-order valence-corrected chi connectivity index (χ4v) is 3.76. The molecule has 0 spiro atoms. The van der Waals surface area contributed by atoms with E-state index in [1.54, 1.807) is 11.3 Å². The number of hydrogen-bond donors (Lipinski definition) is 1. The van der Waals surface area contributed by atoms with Gasteiger partial charge in [-0.05, 0) is 17.7 Å². The molecule has 0 amide bonds. The lowest BCUT2D eigenvalue weighted by Gasteiger charge is -2.01. The highest BCUT2D eigenvalue weighted by molar-refractivity contribution is 7.99. The second-order valence-corrected chi connectivity index (χ2v) is 6.22. The molecular formula is C14H18N2S2. The van der Waals surface area contributed by atoms with E-state index >= 15 is 0 Å². The van der Waals surface area contributed by atoms with Crippen molar-refractivity contribution in [1.82, 2.24) is 4.98 Å². The zero-order valence-electron chi connectivity index (χ0n) is 10.6. The van der Waals surface area contributed by atoms with Crippen LogP contribution in [0.4, 0.5) is 5.13 Å². The second kappa shape index (κ2) is 6.81. The molecule has 0 aliphatic rings. The number of benzene rings is 1. The highest BCUT2D eigenvalue weighted by atomic mass is 32.2. The minimum atomic E-state index is 0.659. The van der Waals surface area contributed by atoms with E-state index in [0.29, 0.717) is 5.13 Å². The molecule has 2 N–H and O–H groups in total. The molecule has 0 fully saturated rings. The van der Waals surface area contributed by atoms with Gasteiger partial charge in [0.25, 0.3) is 0 Å². The molecule has 2 nitrogen and oxygen atoms in total. The van der Waals surface area contributed by atoms with Gasteiger partial charge in [0.15, 0.2) is 5.13 Å². The van der Waals surface area contributed by atoms with Crippen LogP contribution in [-0.4, -0.2) is 10.7 Å². The van der Waals surface area contributed by atoms with Crippen LogP contribution in [0.25, 0.3) is 10.4 Å². The quantitative estimate of drug-likeness (QED) is 0.616. The second-order valence-electron chi connectivity index (χ2n) is 4.11. The predicted molar refractivity (Wildman–Crippen MR) is 82.2 cm³/mol. The number of aromatic nitrogens is 1. The molecule has 2 aromatic rings. The van der Waals surface area contributed by atoms with E-state index in [0.717, 1.165) is 10.8 Å². The van der Waals surface area contributed by atoms with Gasteiger partial charge in [0.05, 0.1) is 4.88 Å². The van der Waals surface area contributed by atoms with Gasteiger partial charge in [-0.25, -0.2) is 4.98 Å². The number of unbranched alkanes of at least 4 members (excludes halogenated alkanes) is 2. The number of thiazole rings is 1. The third kappa shape index (κ3) is 3.50. The zero-order chi connectivity index (χ0) is 12.8. The third-order valence-corrected chi connectivity index (χ3v) is 4.76. The van der Waals surface area contributed by atoms with E-state index in [1.807, 2.05) is 17.8 Å². The topological polar surface area (TPSA) is 38.9 Å². The van der Waals surface area contributed by atoms with Gasteiger partial charge in [-0.2, -0.15) is 0 Å². The largest absolute Gasteiger partial charge is 0.375 e. The summed E-state index contributed by atoms with van der Waals surface area (Å²) in [5, 5.41) is 1.74. The molecule has 1 aromatic heterocycles. The van der Waals surface area contributed by atoms with E-state index in [2.05, 4.69) is 36.2 Å². The third-order valence-electron chi connectivity index (χ3n) is 2.64. The molecule has 96 valence electrons. The number of nitrogen functional groups attached to an aromatic ring is 1. The number of anilines is 1. The van der Waals surface area contributed by atoms with E-state index in [9.17, 15) is 0 Å². The summed E-state index contributed by atoms with van der Waals surface area (Å²) in [5.41, 5.74) is 7.05. The first-order chi connectivity index (χ1) is 8.81. The molecule has 1 heterocycles. The molecule has 0 saturated heterocycles. The van der Waals surface area contributed by atoms with E-state index in [4.69, 9.17) is 5.73 Å². The van der Waals surface area contributed by atoms with Crippen LogP contribution in [0, 0.1) is 0 Å². The Labute approximate surface area is 117 Å². The molecule has 0 radical (unpaired) electrons. The van der Waals surface area contributed by atoms with Crippen LogP contribution in [0.5, 0.6) is 0 Å². The van der Waals surface area contributed by atoms with Gasteiger partial charge in [-0.3, -0.25) is 0 Å². The minimum absolute atomic E-state index is 0.659. The Bertz CT molecular complexity index is 480. The number of nitrogens with zero attached hydrogens (tertiary/aromatic N) is 1. The van der Waals surface area contributed by atoms with Gasteiger partial charge in [-0.1, -0.05) is 61.4 Å². The molecule has 0 aliphatic heterocycles. The Morgan fingerprint density at radius 3 is 2.72 bits per heavy atom. The zero-order valence-corrected chi connectivity index (χ0v) is 12.2. The molecule has 0 bridgehead atoms. The van der Waals surface area contributed by atoms with Crippen molar-refractivity contribution < 1.29 is 0 Å². The Hall–Kier alpha value is -1.00. The van der Waals surface area contributed by atoms with Crippen LogP contribution in [0.2, 0.25) is 0 Å². The monoisotopic (exact) mass is 278 g/mol. The molecule has 18 heavy (non-hydrogen) atoms. The van der Waals surface area contributed by atoms with Crippen molar-refractivity contribution in [2.75, 3.05) is 11.5 Å². The highest BCUT2D eigenvalue weighted by Gasteiger charge is 2.11. The van der Waals surface area contributed by atoms with Gasteiger partial charge >= 0.3 is 0 Å². The first-order valence-corrected chi connectivity index (χ1v) is 8.06. The van der Waals surface area contributed by atoms with Gasteiger partial charge in [0, 0.05) is 0 Å². The fourth-order valence-electron chi connectivity index (χ4n) is 1.71. The standard InChI is InChI=1S/C14H18N2S2/c1-2-3-7-10-17-13-12(18-14(15)16-13)11-8-5-4-6-9-11/h4-6,8-9H,2-3,7,10H2,1H3,(H2,15,16). The maximum Gasteiger partial charge on any atom is 0.181 e. The van der Waals surface area contributed by atoms with Gasteiger partial charge in [0.2, 0.25) is 0 Å². The number of thioether (sulfide) groups is 1. The summed E-state index contributed by atoms with van der Waals surface area (Å²) in [6.45, 7) is 2.22. The summed E-state index contributed by atoms with van der Waals surface area (Å²) < 4.78 is 0. The van der Waals surface area contributed by atoms with Crippen LogP contribution in [0.1, 0.15) is 26.2 Å². The van der Waals surface area contributed by atoms with Crippen molar-refractivity contribution in [3.63, 3.8) is 0 Å². The molecular weight excluding hydrogens is 260 g/mol. The maximum absolute atomic E-state index is 5.84. The van der Waals surface area contributed by atoms with Gasteiger partial charge in [-0.15, -0.1) is 11.8 Å². The molecule has 2 rings (SSSR count). The lowest BCUT2D eigenvalue weighted by molar-refractivity contribution is 0.778. The number of nitrogens with two attached hydrogens (primary N) is 1. The maximum atomic E-state index is 5.84. The van der Waals surface area contributed by atoms with Crippen LogP contribution >= 0.6 is 23.1 Å². The molecule has 4 heteroatoms. The van der Waals surface area contributed by atoms with Crippen LogP contribution < -0.4 is 5.73 Å². The van der Waals surface area contributed by atoms with Crippen molar-refractivity contribution in [3.8, 4) is 10.4 Å². The normalized spacial score (nSPS) is 10.7. The Kier molecular flexibility index (Phi) is 5.08. The molecule has 0 saturated carbocycles. The van der Waals surface area contributed by atoms with Gasteiger partial charge in [0.1, 0.15) is 5.03 Å². The average molecular weight is 278 g/mol. The van der Waals surface area contributed by atoms with Crippen LogP contribution in [0.3, 0.4) is 0 Å². The summed E-state index contributed by atoms with van der Waals surface area (Å²) >= 11 is 3.40. The Balaban J connectivity index is 2.11. The molecule has 0 unspecified atom stereocenters. The summed E-state index contributed by atoms with van der Waals surface area (Å²) in [6.07, 6.45) is 3.78. The van der Waals surface area contributed by atoms with Crippen molar-refractivity contribution >= 4 is 28.2 Å². The van der Waals surface area contributed by atoms with Crippen molar-refractivity contribution in [3.05, 3.63) is 30.3 Å². The van der Waals surface area contributed by atoms with Crippen molar-refractivity contribution in [2.45, 2.75) is 31.2 Å². The summed E-state index contributed by atoms with van der Waals surface area (Å²) in [4.78, 5) is 5.65. The lowest BCUT2D eigenvalue weighted by Crippen LogP contribution is -1.84. The van der Waals surface area contributed by atoms with Crippen molar-refractivity contribution in [2.24, 2.45) is 0 Å². The van der Waals surface area contributed by atoms with Gasteiger partial charge < -0.3 is 5.73 Å². The number of hydrogen-bond acceptors (Lipinski definition) is 4. The van der Waals surface area contributed by atoms with Crippen LogP contribution in [-0.2, 0) is 0 Å². The Morgan fingerprint density at radius 2 is 2.00 bits per heavy atom. The van der Waals surface area contributed by atoms with E-state index < -0.39 is 0 Å². The lowest BCUT2D eigenvalue weighted by atomic mass is 10.2. The minimum Gasteiger partial charge on any atom is -0.375 e. The predicted octanol–water partition coefficient (Wildman–Crippen LogP) is 4.67. The summed E-state index contributed by atoms with van der Waals surface area (Å²) in [7, 11) is 0. The molecule has 1 aromatic carbocycles. The summed E-state index contributed by atoms with van der Waals surface area (Å²) in [6, 6.07) is 10.4. The van der Waals surface area contributed by atoms with Crippen LogP contribution in [0.15, 0.2) is 35.4 Å². The fraction of sp³-hybridized carbons (Fsp3) is 0.357. The van der Waals surface area contributed by atoms with E-state index in [-0.39, 0.29) is 0 Å². The first kappa shape index (κ1) is 13.4. The smallest absolute Gasteiger partial charge is 0.181 e. The summed E-state index contributed by atoms with van der Waals surface area (Å²) in [5.74, 6) is 1.12.